The molecule has 0 aliphatic carbocycles. The molecule has 1 aliphatic heterocycles. The summed E-state index contributed by atoms with van der Waals surface area (Å²) in [6.07, 6.45) is -4.71. The van der Waals surface area contributed by atoms with Crippen molar-refractivity contribution >= 4 is 34.9 Å². The lowest BCUT2D eigenvalue weighted by Gasteiger charge is -2.25. The quantitative estimate of drug-likeness (QED) is 0.607. The summed E-state index contributed by atoms with van der Waals surface area (Å²) in [6.45, 7) is 0. The van der Waals surface area contributed by atoms with Crippen LogP contribution in [0.3, 0.4) is 0 Å². The Bertz CT molecular complexity index is 926. The van der Waals surface area contributed by atoms with E-state index in [9.17, 15) is 27.9 Å². The summed E-state index contributed by atoms with van der Waals surface area (Å²) in [4.78, 5) is 22.5. The van der Waals surface area contributed by atoms with Gasteiger partial charge in [-0.25, -0.2) is 9.59 Å². The zero-order valence-corrected chi connectivity index (χ0v) is 12.7. The van der Waals surface area contributed by atoms with Gasteiger partial charge in [0.05, 0.1) is 33.1 Å². The van der Waals surface area contributed by atoms with Gasteiger partial charge in [-0.1, -0.05) is 11.6 Å². The number of hydrogen-bond donors (Lipinski definition) is 3. The van der Waals surface area contributed by atoms with Gasteiger partial charge >= 0.3 is 18.1 Å². The molecule has 0 radical (unpaired) electrons. The van der Waals surface area contributed by atoms with Crippen molar-refractivity contribution in [2.24, 2.45) is 0 Å². The van der Waals surface area contributed by atoms with E-state index >= 15 is 0 Å². The summed E-state index contributed by atoms with van der Waals surface area (Å²) >= 11 is 5.62. The average Bonchev–Trinajstić information content (AvgIpc) is 2.49. The number of carbonyl (C=O) groups is 2. The molecule has 1 aliphatic rings. The van der Waals surface area contributed by atoms with Gasteiger partial charge in [0.2, 0.25) is 0 Å². The second-order valence-electron chi connectivity index (χ2n) is 5.06. The van der Waals surface area contributed by atoms with Crippen LogP contribution in [-0.2, 0) is 6.18 Å². The largest absolute Gasteiger partial charge is 0.478 e. The molecule has 0 spiro atoms. The second-order valence-corrected chi connectivity index (χ2v) is 5.47. The molecule has 0 fully saturated rings. The van der Waals surface area contributed by atoms with Gasteiger partial charge in [-0.05, 0) is 18.2 Å². The van der Waals surface area contributed by atoms with Gasteiger partial charge in [0.25, 0.3) is 0 Å². The molecule has 0 unspecified atom stereocenters. The van der Waals surface area contributed by atoms with Crippen LogP contribution in [0.4, 0.5) is 24.5 Å². The summed E-state index contributed by atoms with van der Waals surface area (Å²) in [5.74, 6) is -3.10. The van der Waals surface area contributed by atoms with E-state index < -0.39 is 34.3 Å². The normalized spacial score (nSPS) is 12.5. The standard InChI is InChI=1S/C15H7ClF3NO5/c16-8-4-10-9(3-7(8)15(17,18)19)20-12-6(14(23)24)1-5(13(21)22)2-11(12)25-10/h1-4,20H,(H,21,22)(H,23,24). The summed E-state index contributed by atoms with van der Waals surface area (Å²) < 4.78 is 44.2. The first-order chi connectivity index (χ1) is 11.6. The average molecular weight is 374 g/mol. The molecule has 3 N–H and O–H groups in total. The molecule has 0 amide bonds. The minimum Gasteiger partial charge on any atom is -0.478 e. The number of carboxylic acid groups (broad SMARTS) is 2. The third-order valence-electron chi connectivity index (χ3n) is 3.43. The number of halogens is 4. The van der Waals surface area contributed by atoms with Gasteiger partial charge < -0.3 is 20.3 Å². The van der Waals surface area contributed by atoms with Crippen LogP contribution in [-0.4, -0.2) is 22.2 Å². The van der Waals surface area contributed by atoms with E-state index in [-0.39, 0.29) is 28.4 Å². The minimum absolute atomic E-state index is 0.0932. The first-order valence-corrected chi connectivity index (χ1v) is 6.96. The van der Waals surface area contributed by atoms with Crippen molar-refractivity contribution in [1.82, 2.24) is 0 Å². The van der Waals surface area contributed by atoms with Crippen LogP contribution in [0.2, 0.25) is 5.02 Å². The van der Waals surface area contributed by atoms with E-state index in [1.807, 2.05) is 0 Å². The minimum atomic E-state index is -4.71. The Morgan fingerprint density at radius 3 is 2.28 bits per heavy atom. The Hall–Kier alpha value is -2.94. The van der Waals surface area contributed by atoms with E-state index in [2.05, 4.69) is 5.32 Å². The van der Waals surface area contributed by atoms with Gasteiger partial charge in [-0.2, -0.15) is 13.2 Å². The molecule has 0 saturated carbocycles. The summed E-state index contributed by atoms with van der Waals surface area (Å²) in [5.41, 5.74) is -2.22. The highest BCUT2D eigenvalue weighted by Gasteiger charge is 2.35. The SMILES string of the molecule is O=C(O)c1cc2c(c(C(=O)O)c1)Nc1cc(C(F)(F)F)c(Cl)cc1O2. The molecule has 25 heavy (non-hydrogen) atoms. The molecule has 0 aromatic heterocycles. The Morgan fingerprint density at radius 2 is 1.72 bits per heavy atom. The first kappa shape index (κ1) is 16.9. The molecule has 0 atom stereocenters. The number of fused-ring (bicyclic) bond motifs is 2. The molecule has 1 heterocycles. The number of alkyl halides is 3. The fourth-order valence-corrected chi connectivity index (χ4v) is 2.59. The molecule has 2 aromatic carbocycles. The van der Waals surface area contributed by atoms with Crippen LogP contribution < -0.4 is 10.1 Å². The number of benzene rings is 2. The highest BCUT2D eigenvalue weighted by atomic mass is 35.5. The Labute approximate surface area is 142 Å². The highest BCUT2D eigenvalue weighted by Crippen LogP contribution is 2.48. The number of rotatable bonds is 2. The molecule has 6 nitrogen and oxygen atoms in total. The highest BCUT2D eigenvalue weighted by molar-refractivity contribution is 6.31. The van der Waals surface area contributed by atoms with Crippen molar-refractivity contribution in [2.75, 3.05) is 5.32 Å². The maximum Gasteiger partial charge on any atom is 0.417 e. The molecule has 0 saturated heterocycles. The summed E-state index contributed by atoms with van der Waals surface area (Å²) in [5, 5.41) is 20.2. The lowest BCUT2D eigenvalue weighted by atomic mass is 10.0. The maximum atomic E-state index is 13.0. The van der Waals surface area contributed by atoms with Crippen molar-refractivity contribution in [3.05, 3.63) is 46.0 Å². The number of aromatic carboxylic acids is 2. The van der Waals surface area contributed by atoms with E-state index in [4.69, 9.17) is 21.4 Å². The van der Waals surface area contributed by atoms with Crippen molar-refractivity contribution in [2.45, 2.75) is 6.18 Å². The Kier molecular flexibility index (Phi) is 3.76. The van der Waals surface area contributed by atoms with Crippen LogP contribution in [0.5, 0.6) is 11.5 Å². The molecule has 2 aromatic rings. The molecular weight excluding hydrogens is 367 g/mol. The first-order valence-electron chi connectivity index (χ1n) is 6.58. The smallest absolute Gasteiger partial charge is 0.417 e. The van der Waals surface area contributed by atoms with E-state index in [1.54, 1.807) is 0 Å². The topological polar surface area (TPSA) is 95.9 Å². The van der Waals surface area contributed by atoms with Gasteiger partial charge in [-0.3, -0.25) is 0 Å². The fraction of sp³-hybridized carbons (Fsp3) is 0.0667. The monoisotopic (exact) mass is 373 g/mol. The Morgan fingerprint density at radius 1 is 1.04 bits per heavy atom. The fourth-order valence-electron chi connectivity index (χ4n) is 2.32. The predicted molar refractivity (Wildman–Crippen MR) is 80.2 cm³/mol. The zero-order chi connectivity index (χ0) is 18.5. The second kappa shape index (κ2) is 5.55. The molecule has 10 heteroatoms. The third kappa shape index (κ3) is 2.93. The lowest BCUT2D eigenvalue weighted by molar-refractivity contribution is -0.137. The van der Waals surface area contributed by atoms with Crippen LogP contribution in [0.25, 0.3) is 0 Å². The van der Waals surface area contributed by atoms with Crippen LogP contribution >= 0.6 is 11.6 Å². The number of ether oxygens (including phenoxy) is 1. The zero-order valence-electron chi connectivity index (χ0n) is 11.9. The summed E-state index contributed by atoms with van der Waals surface area (Å²) in [6, 6.07) is 3.55. The van der Waals surface area contributed by atoms with Gasteiger partial charge in [0.15, 0.2) is 11.5 Å². The van der Waals surface area contributed by atoms with Crippen LogP contribution in [0, 0.1) is 0 Å². The number of carboxylic acids is 2. The van der Waals surface area contributed by atoms with E-state index in [1.165, 1.54) is 0 Å². The van der Waals surface area contributed by atoms with E-state index in [0.29, 0.717) is 6.07 Å². The molecule has 130 valence electrons. The molecule has 0 bridgehead atoms. The predicted octanol–water partition coefficient (Wildman–Crippen LogP) is 4.60. The number of anilines is 2. The third-order valence-corrected chi connectivity index (χ3v) is 3.75. The molecule has 3 rings (SSSR count). The Balaban J connectivity index is 2.17. The van der Waals surface area contributed by atoms with Crippen LogP contribution in [0.1, 0.15) is 26.3 Å². The van der Waals surface area contributed by atoms with Crippen molar-refractivity contribution in [3.8, 4) is 11.5 Å². The van der Waals surface area contributed by atoms with Crippen LogP contribution in [0.15, 0.2) is 24.3 Å². The summed E-state index contributed by atoms with van der Waals surface area (Å²) in [7, 11) is 0. The van der Waals surface area contributed by atoms with E-state index in [0.717, 1.165) is 18.2 Å². The number of hydrogen-bond acceptors (Lipinski definition) is 4. The molecular formula is C15H7ClF3NO5. The van der Waals surface area contributed by atoms with Gasteiger partial charge in [-0.15, -0.1) is 0 Å². The van der Waals surface area contributed by atoms with Gasteiger partial charge in [0, 0.05) is 6.07 Å². The number of nitrogens with one attached hydrogen (secondary N) is 1. The maximum absolute atomic E-state index is 13.0. The van der Waals surface area contributed by atoms with Crippen molar-refractivity contribution in [1.29, 1.82) is 0 Å². The van der Waals surface area contributed by atoms with Crippen molar-refractivity contribution in [3.63, 3.8) is 0 Å². The van der Waals surface area contributed by atoms with Gasteiger partial charge in [0.1, 0.15) is 0 Å². The lowest BCUT2D eigenvalue weighted by Crippen LogP contribution is -2.13. The van der Waals surface area contributed by atoms with Crippen molar-refractivity contribution < 1.29 is 37.7 Å².